The topological polar surface area (TPSA) is 107 Å². The Balaban J connectivity index is 2.31. The Kier molecular flexibility index (Phi) is 8.33. The third-order valence-corrected chi connectivity index (χ3v) is 5.54. The fraction of sp³-hybridized carbons (Fsp3) is 0.524. The Hall–Kier alpha value is -2.74. The predicted octanol–water partition coefficient (Wildman–Crippen LogP) is 0.874. The van der Waals surface area contributed by atoms with Crippen molar-refractivity contribution in [3.8, 4) is 0 Å². The summed E-state index contributed by atoms with van der Waals surface area (Å²) in [5.41, 5.74) is 1.20. The number of piperidine rings is 1. The zero-order valence-electron chi connectivity index (χ0n) is 17.0. The SMILES string of the molecule is CNC(=O)C(CCC=O)N(C)C(=O)c1cccc(N2CCC(CO)CC2)c1C=O. The lowest BCUT2D eigenvalue weighted by atomic mass is 9.96. The van der Waals surface area contributed by atoms with Crippen molar-refractivity contribution in [3.63, 3.8) is 0 Å². The summed E-state index contributed by atoms with van der Waals surface area (Å²) >= 11 is 0. The normalized spacial score (nSPS) is 15.5. The van der Waals surface area contributed by atoms with Gasteiger partial charge in [0.05, 0.1) is 11.1 Å². The van der Waals surface area contributed by atoms with E-state index in [4.69, 9.17) is 0 Å². The highest BCUT2D eigenvalue weighted by atomic mass is 16.3. The number of aliphatic hydroxyl groups excluding tert-OH is 1. The summed E-state index contributed by atoms with van der Waals surface area (Å²) in [7, 11) is 2.98. The van der Waals surface area contributed by atoms with Gasteiger partial charge in [0.15, 0.2) is 6.29 Å². The number of aldehydes is 2. The van der Waals surface area contributed by atoms with Crippen molar-refractivity contribution in [2.45, 2.75) is 31.7 Å². The average Bonchev–Trinajstić information content (AvgIpc) is 2.77. The molecule has 0 radical (unpaired) electrons. The van der Waals surface area contributed by atoms with Crippen LogP contribution in [0, 0.1) is 5.92 Å². The van der Waals surface area contributed by atoms with Crippen molar-refractivity contribution in [1.82, 2.24) is 10.2 Å². The zero-order chi connectivity index (χ0) is 21.4. The molecule has 1 heterocycles. The largest absolute Gasteiger partial charge is 0.396 e. The van der Waals surface area contributed by atoms with Crippen LogP contribution in [0.4, 0.5) is 5.69 Å². The van der Waals surface area contributed by atoms with Gasteiger partial charge in [-0.2, -0.15) is 0 Å². The van der Waals surface area contributed by atoms with Crippen molar-refractivity contribution >= 4 is 30.1 Å². The van der Waals surface area contributed by atoms with E-state index in [0.717, 1.165) is 12.8 Å². The van der Waals surface area contributed by atoms with Gasteiger partial charge in [0, 0.05) is 45.9 Å². The molecule has 2 N–H and O–H groups in total. The minimum Gasteiger partial charge on any atom is -0.396 e. The summed E-state index contributed by atoms with van der Waals surface area (Å²) in [6.07, 6.45) is 3.37. The summed E-state index contributed by atoms with van der Waals surface area (Å²) in [6, 6.07) is 4.30. The van der Waals surface area contributed by atoms with Crippen molar-refractivity contribution in [2.75, 3.05) is 38.7 Å². The monoisotopic (exact) mass is 403 g/mol. The van der Waals surface area contributed by atoms with Crippen molar-refractivity contribution in [2.24, 2.45) is 5.92 Å². The molecule has 8 nitrogen and oxygen atoms in total. The van der Waals surface area contributed by atoms with Gasteiger partial charge in [0.1, 0.15) is 12.3 Å². The molecular weight excluding hydrogens is 374 g/mol. The highest BCUT2D eigenvalue weighted by Gasteiger charge is 2.29. The minimum atomic E-state index is -0.804. The molecule has 1 aliphatic heterocycles. The lowest BCUT2D eigenvalue weighted by molar-refractivity contribution is -0.125. The van der Waals surface area contributed by atoms with Gasteiger partial charge in [-0.05, 0) is 37.3 Å². The number of carbonyl (C=O) groups is 4. The van der Waals surface area contributed by atoms with Gasteiger partial charge in [0.2, 0.25) is 5.91 Å². The molecule has 1 aromatic carbocycles. The van der Waals surface area contributed by atoms with Crippen molar-refractivity contribution < 1.29 is 24.3 Å². The first-order valence-electron chi connectivity index (χ1n) is 9.84. The number of carbonyl (C=O) groups excluding carboxylic acids is 4. The van der Waals surface area contributed by atoms with E-state index in [0.29, 0.717) is 31.3 Å². The van der Waals surface area contributed by atoms with Gasteiger partial charge in [-0.1, -0.05) is 6.07 Å². The number of nitrogens with one attached hydrogen (secondary N) is 1. The number of hydrogen-bond acceptors (Lipinski definition) is 6. The van der Waals surface area contributed by atoms with E-state index in [-0.39, 0.29) is 42.4 Å². The highest BCUT2D eigenvalue weighted by Crippen LogP contribution is 2.28. The molecule has 2 rings (SSSR count). The molecule has 0 bridgehead atoms. The summed E-state index contributed by atoms with van der Waals surface area (Å²) in [5, 5.41) is 11.8. The third-order valence-electron chi connectivity index (χ3n) is 5.54. The summed E-state index contributed by atoms with van der Waals surface area (Å²) in [5.74, 6) is -0.552. The second-order valence-corrected chi connectivity index (χ2v) is 7.26. The quantitative estimate of drug-likeness (QED) is 0.593. The Labute approximate surface area is 170 Å². The smallest absolute Gasteiger partial charge is 0.255 e. The molecule has 8 heteroatoms. The lowest BCUT2D eigenvalue weighted by Crippen LogP contribution is -2.47. The average molecular weight is 403 g/mol. The van der Waals surface area contributed by atoms with Crippen LogP contribution < -0.4 is 10.2 Å². The fourth-order valence-electron chi connectivity index (χ4n) is 3.72. The molecule has 1 aliphatic rings. The number of likely N-dealkylation sites (N-methyl/N-ethyl adjacent to an activating group) is 2. The summed E-state index contributed by atoms with van der Waals surface area (Å²) < 4.78 is 0. The number of aliphatic hydroxyl groups is 1. The molecule has 1 unspecified atom stereocenters. The standard InChI is InChI=1S/C21H29N3O5/c1-22-20(28)19(7-4-12-25)23(2)21(29)16-5-3-6-18(17(16)14-27)24-10-8-15(13-26)9-11-24/h3,5-6,12,14-15,19,26H,4,7-11,13H2,1-2H3,(H,22,28). The van der Waals surface area contributed by atoms with Crippen LogP contribution in [0.15, 0.2) is 18.2 Å². The van der Waals surface area contributed by atoms with E-state index >= 15 is 0 Å². The molecule has 0 saturated carbocycles. The Morgan fingerprint density at radius 1 is 1.31 bits per heavy atom. The van der Waals surface area contributed by atoms with Crippen LogP contribution in [-0.2, 0) is 9.59 Å². The van der Waals surface area contributed by atoms with Crippen LogP contribution in [0.3, 0.4) is 0 Å². The van der Waals surface area contributed by atoms with Crippen molar-refractivity contribution in [1.29, 1.82) is 0 Å². The number of hydrogen-bond donors (Lipinski definition) is 2. The fourth-order valence-corrected chi connectivity index (χ4v) is 3.72. The second kappa shape index (κ2) is 10.7. The molecular formula is C21H29N3O5. The van der Waals surface area contributed by atoms with Gasteiger partial charge < -0.3 is 25.0 Å². The van der Waals surface area contributed by atoms with Crippen LogP contribution >= 0.6 is 0 Å². The number of nitrogens with zero attached hydrogens (tertiary/aromatic N) is 2. The van der Waals surface area contributed by atoms with E-state index < -0.39 is 11.9 Å². The molecule has 2 amide bonds. The summed E-state index contributed by atoms with van der Waals surface area (Å²) in [6.45, 7) is 1.54. The zero-order valence-corrected chi connectivity index (χ0v) is 17.0. The van der Waals surface area contributed by atoms with E-state index in [1.54, 1.807) is 12.1 Å². The maximum Gasteiger partial charge on any atom is 0.255 e. The number of amides is 2. The third kappa shape index (κ3) is 5.20. The van der Waals surface area contributed by atoms with Crippen molar-refractivity contribution in [3.05, 3.63) is 29.3 Å². The Bertz CT molecular complexity index is 744. The van der Waals surface area contributed by atoms with Gasteiger partial charge >= 0.3 is 0 Å². The maximum atomic E-state index is 13.1. The number of benzene rings is 1. The molecule has 1 saturated heterocycles. The summed E-state index contributed by atoms with van der Waals surface area (Å²) in [4.78, 5) is 51.3. The highest BCUT2D eigenvalue weighted by molar-refractivity contribution is 6.05. The van der Waals surface area contributed by atoms with E-state index in [2.05, 4.69) is 10.2 Å². The molecule has 29 heavy (non-hydrogen) atoms. The van der Waals surface area contributed by atoms with Gasteiger partial charge in [-0.25, -0.2) is 0 Å². The first kappa shape index (κ1) is 22.5. The van der Waals surface area contributed by atoms with Gasteiger partial charge in [-0.15, -0.1) is 0 Å². The minimum absolute atomic E-state index is 0.149. The van der Waals surface area contributed by atoms with E-state index in [9.17, 15) is 24.3 Å². The van der Waals surface area contributed by atoms with E-state index in [1.807, 2.05) is 6.07 Å². The molecule has 0 aromatic heterocycles. The molecule has 158 valence electrons. The van der Waals surface area contributed by atoms with Crippen LogP contribution in [0.1, 0.15) is 46.4 Å². The molecule has 0 spiro atoms. The molecule has 1 atom stereocenters. The van der Waals surface area contributed by atoms with Gasteiger partial charge in [0.25, 0.3) is 5.91 Å². The van der Waals surface area contributed by atoms with Crippen LogP contribution in [0.2, 0.25) is 0 Å². The van der Waals surface area contributed by atoms with Crippen LogP contribution in [-0.4, -0.2) is 74.2 Å². The van der Waals surface area contributed by atoms with Gasteiger partial charge in [-0.3, -0.25) is 14.4 Å². The second-order valence-electron chi connectivity index (χ2n) is 7.26. The number of anilines is 1. The molecule has 1 aromatic rings. The predicted molar refractivity (Wildman–Crippen MR) is 109 cm³/mol. The Morgan fingerprint density at radius 2 is 2.00 bits per heavy atom. The lowest BCUT2D eigenvalue weighted by Gasteiger charge is -2.34. The van der Waals surface area contributed by atoms with E-state index in [1.165, 1.54) is 19.0 Å². The van der Waals surface area contributed by atoms with Crippen LogP contribution in [0.5, 0.6) is 0 Å². The molecule has 0 aliphatic carbocycles. The maximum absolute atomic E-state index is 13.1. The number of rotatable bonds is 9. The first-order valence-corrected chi connectivity index (χ1v) is 9.84. The molecule has 1 fully saturated rings. The first-order chi connectivity index (χ1) is 14.0. The Morgan fingerprint density at radius 3 is 2.55 bits per heavy atom. The van der Waals surface area contributed by atoms with Crippen LogP contribution in [0.25, 0.3) is 0 Å².